The van der Waals surface area contributed by atoms with Crippen LogP contribution in [0.25, 0.3) is 0 Å². The highest BCUT2D eigenvalue weighted by molar-refractivity contribution is 9.10. The van der Waals surface area contributed by atoms with E-state index in [1.807, 2.05) is 0 Å². The summed E-state index contributed by atoms with van der Waals surface area (Å²) in [5.74, 6) is -0.594. The zero-order chi connectivity index (χ0) is 11.5. The zero-order valence-corrected chi connectivity index (χ0v) is 11.4. The van der Waals surface area contributed by atoms with Gasteiger partial charge in [0.1, 0.15) is 5.82 Å². The summed E-state index contributed by atoms with van der Waals surface area (Å²) >= 11 is 3.17. The van der Waals surface area contributed by atoms with Crippen molar-refractivity contribution in [1.29, 1.82) is 0 Å². The van der Waals surface area contributed by atoms with Gasteiger partial charge in [-0.25, -0.2) is 4.39 Å². The number of halogens is 3. The summed E-state index contributed by atoms with van der Waals surface area (Å²) in [6, 6.07) is 4.59. The lowest BCUT2D eigenvalue weighted by Crippen LogP contribution is -2.25. The standard InChI is InChI=1S/C11H12BrFN2O.ClH/c12-8-1-2-10(9(13)5-8)15-11(16)7-3-4-14-6-7;/h1-2,5,7,14H,3-4,6H2,(H,15,16);1H. The molecule has 0 saturated carbocycles. The average Bonchev–Trinajstić information content (AvgIpc) is 2.75. The number of anilines is 1. The molecule has 0 spiro atoms. The zero-order valence-electron chi connectivity index (χ0n) is 9.00. The Hall–Kier alpha value is -0.650. The van der Waals surface area contributed by atoms with E-state index in [0.29, 0.717) is 11.0 Å². The highest BCUT2D eigenvalue weighted by Crippen LogP contribution is 2.20. The van der Waals surface area contributed by atoms with E-state index in [9.17, 15) is 9.18 Å². The van der Waals surface area contributed by atoms with E-state index in [4.69, 9.17) is 0 Å². The van der Waals surface area contributed by atoms with E-state index >= 15 is 0 Å². The third-order valence-corrected chi connectivity index (χ3v) is 3.11. The molecule has 17 heavy (non-hydrogen) atoms. The molecule has 1 saturated heterocycles. The maximum absolute atomic E-state index is 13.4. The summed E-state index contributed by atoms with van der Waals surface area (Å²) in [6.45, 7) is 1.52. The topological polar surface area (TPSA) is 41.1 Å². The Morgan fingerprint density at radius 2 is 2.29 bits per heavy atom. The molecule has 1 aromatic carbocycles. The first-order chi connectivity index (χ1) is 7.66. The Balaban J connectivity index is 0.00000144. The van der Waals surface area contributed by atoms with E-state index in [1.165, 1.54) is 6.07 Å². The van der Waals surface area contributed by atoms with Crippen LogP contribution >= 0.6 is 28.3 Å². The van der Waals surface area contributed by atoms with Gasteiger partial charge in [-0.05, 0) is 31.2 Å². The first-order valence-corrected chi connectivity index (χ1v) is 5.93. The van der Waals surface area contributed by atoms with Crippen molar-refractivity contribution in [2.75, 3.05) is 18.4 Å². The minimum absolute atomic E-state index is 0. The summed E-state index contributed by atoms with van der Waals surface area (Å²) < 4.78 is 14.1. The van der Waals surface area contributed by atoms with Gasteiger partial charge in [-0.3, -0.25) is 4.79 Å². The summed E-state index contributed by atoms with van der Waals surface area (Å²) in [5.41, 5.74) is 0.236. The van der Waals surface area contributed by atoms with Crippen LogP contribution < -0.4 is 10.6 Å². The van der Waals surface area contributed by atoms with Crippen molar-refractivity contribution in [1.82, 2.24) is 5.32 Å². The molecule has 1 fully saturated rings. The van der Waals surface area contributed by atoms with Gasteiger partial charge in [0, 0.05) is 11.0 Å². The van der Waals surface area contributed by atoms with Crippen LogP contribution in [-0.4, -0.2) is 19.0 Å². The number of rotatable bonds is 2. The quantitative estimate of drug-likeness (QED) is 0.878. The second kappa shape index (κ2) is 6.33. The molecule has 0 aromatic heterocycles. The first kappa shape index (κ1) is 14.4. The fourth-order valence-corrected chi connectivity index (χ4v) is 2.04. The molecule has 1 atom stereocenters. The number of carbonyl (C=O) groups excluding carboxylic acids is 1. The molecule has 2 N–H and O–H groups in total. The van der Waals surface area contributed by atoms with Crippen molar-refractivity contribution in [2.45, 2.75) is 6.42 Å². The smallest absolute Gasteiger partial charge is 0.228 e. The predicted octanol–water partition coefficient (Wildman–Crippen LogP) is 2.56. The second-order valence-electron chi connectivity index (χ2n) is 3.80. The number of benzene rings is 1. The predicted molar refractivity (Wildman–Crippen MR) is 71.0 cm³/mol. The molecule has 0 bridgehead atoms. The number of hydrogen-bond acceptors (Lipinski definition) is 2. The van der Waals surface area contributed by atoms with Crippen molar-refractivity contribution in [3.8, 4) is 0 Å². The van der Waals surface area contributed by atoms with Gasteiger partial charge in [0.15, 0.2) is 0 Å². The maximum Gasteiger partial charge on any atom is 0.228 e. The summed E-state index contributed by atoms with van der Waals surface area (Å²) in [5, 5.41) is 5.71. The van der Waals surface area contributed by atoms with Crippen LogP contribution in [-0.2, 0) is 4.79 Å². The van der Waals surface area contributed by atoms with Gasteiger partial charge < -0.3 is 10.6 Å². The Kier molecular flexibility index (Phi) is 5.36. The van der Waals surface area contributed by atoms with Crippen molar-refractivity contribution < 1.29 is 9.18 Å². The molecular formula is C11H13BrClFN2O. The van der Waals surface area contributed by atoms with Crippen molar-refractivity contribution in [2.24, 2.45) is 5.92 Å². The summed E-state index contributed by atoms with van der Waals surface area (Å²) in [7, 11) is 0. The maximum atomic E-state index is 13.4. The molecule has 1 amide bonds. The third-order valence-electron chi connectivity index (χ3n) is 2.62. The Morgan fingerprint density at radius 1 is 1.53 bits per heavy atom. The van der Waals surface area contributed by atoms with E-state index < -0.39 is 5.82 Å². The fourth-order valence-electron chi connectivity index (χ4n) is 1.70. The Morgan fingerprint density at radius 3 is 2.88 bits per heavy atom. The van der Waals surface area contributed by atoms with Crippen molar-refractivity contribution in [3.05, 3.63) is 28.5 Å². The lowest BCUT2D eigenvalue weighted by Gasteiger charge is -2.10. The van der Waals surface area contributed by atoms with E-state index in [0.717, 1.165) is 13.0 Å². The monoisotopic (exact) mass is 322 g/mol. The van der Waals surface area contributed by atoms with Crippen LogP contribution in [0.15, 0.2) is 22.7 Å². The molecular weight excluding hydrogens is 310 g/mol. The molecule has 1 aliphatic rings. The Labute approximate surface area is 114 Å². The molecule has 1 unspecified atom stereocenters. The van der Waals surface area contributed by atoms with Gasteiger partial charge in [-0.15, -0.1) is 12.4 Å². The van der Waals surface area contributed by atoms with Gasteiger partial charge in [0.25, 0.3) is 0 Å². The van der Waals surface area contributed by atoms with Crippen LogP contribution in [0.2, 0.25) is 0 Å². The number of amides is 1. The van der Waals surface area contributed by atoms with Crippen LogP contribution in [0.5, 0.6) is 0 Å². The van der Waals surface area contributed by atoms with E-state index in [1.54, 1.807) is 12.1 Å². The van der Waals surface area contributed by atoms with Gasteiger partial charge in [0.05, 0.1) is 11.6 Å². The fraction of sp³-hybridized carbons (Fsp3) is 0.364. The van der Waals surface area contributed by atoms with Crippen LogP contribution in [0.1, 0.15) is 6.42 Å². The summed E-state index contributed by atoms with van der Waals surface area (Å²) in [6.07, 6.45) is 0.810. The van der Waals surface area contributed by atoms with E-state index in [2.05, 4.69) is 26.6 Å². The number of hydrogen-bond donors (Lipinski definition) is 2. The van der Waals surface area contributed by atoms with Gasteiger partial charge >= 0.3 is 0 Å². The average molecular weight is 324 g/mol. The second-order valence-corrected chi connectivity index (χ2v) is 4.72. The van der Waals surface area contributed by atoms with Crippen LogP contribution in [0, 0.1) is 11.7 Å². The molecule has 1 aliphatic heterocycles. The number of nitrogens with one attached hydrogen (secondary N) is 2. The van der Waals surface area contributed by atoms with Gasteiger partial charge in [0.2, 0.25) is 5.91 Å². The molecule has 6 heteroatoms. The van der Waals surface area contributed by atoms with E-state index in [-0.39, 0.29) is 29.9 Å². The third kappa shape index (κ3) is 3.66. The van der Waals surface area contributed by atoms with Crippen LogP contribution in [0.4, 0.5) is 10.1 Å². The van der Waals surface area contributed by atoms with Gasteiger partial charge in [-0.2, -0.15) is 0 Å². The molecule has 3 nitrogen and oxygen atoms in total. The minimum Gasteiger partial charge on any atom is -0.323 e. The normalized spacial score (nSPS) is 18.6. The molecule has 1 aromatic rings. The minimum atomic E-state index is -0.423. The highest BCUT2D eigenvalue weighted by atomic mass is 79.9. The molecule has 0 radical (unpaired) electrons. The molecule has 94 valence electrons. The van der Waals surface area contributed by atoms with Crippen molar-refractivity contribution >= 4 is 39.9 Å². The molecule has 0 aliphatic carbocycles. The number of carbonyl (C=O) groups is 1. The largest absolute Gasteiger partial charge is 0.323 e. The van der Waals surface area contributed by atoms with Crippen LogP contribution in [0.3, 0.4) is 0 Å². The van der Waals surface area contributed by atoms with Crippen molar-refractivity contribution in [3.63, 3.8) is 0 Å². The first-order valence-electron chi connectivity index (χ1n) is 5.13. The lowest BCUT2D eigenvalue weighted by atomic mass is 10.1. The lowest BCUT2D eigenvalue weighted by molar-refractivity contribution is -0.119. The van der Waals surface area contributed by atoms with Gasteiger partial charge in [-0.1, -0.05) is 15.9 Å². The SMILES string of the molecule is Cl.O=C(Nc1ccc(Br)cc1F)C1CCNC1. The molecule has 1 heterocycles. The molecule has 2 rings (SSSR count). The Bertz CT molecular complexity index is 410. The summed E-state index contributed by atoms with van der Waals surface area (Å²) in [4.78, 5) is 11.7. The highest BCUT2D eigenvalue weighted by Gasteiger charge is 2.22.